The molecule has 0 saturated carbocycles. The molecule has 2 atom stereocenters. The van der Waals surface area contributed by atoms with Crippen molar-refractivity contribution in [2.24, 2.45) is 5.73 Å². The van der Waals surface area contributed by atoms with Crippen LogP contribution in [0.2, 0.25) is 0 Å². The fourth-order valence-corrected chi connectivity index (χ4v) is 2.03. The van der Waals surface area contributed by atoms with Gasteiger partial charge in [-0.25, -0.2) is 0 Å². The molecule has 0 saturated heterocycles. The predicted octanol–water partition coefficient (Wildman–Crippen LogP) is 2.43. The molecule has 1 rings (SSSR count). The Kier molecular flexibility index (Phi) is 6.52. The molecule has 20 heavy (non-hydrogen) atoms. The molecule has 3 N–H and O–H groups in total. The van der Waals surface area contributed by atoms with Crippen molar-refractivity contribution in [3.05, 3.63) is 29.8 Å². The van der Waals surface area contributed by atoms with E-state index in [0.717, 1.165) is 12.2 Å². The lowest BCUT2D eigenvalue weighted by atomic mass is 9.98. The van der Waals surface area contributed by atoms with Gasteiger partial charge in [-0.05, 0) is 24.0 Å². The Labute approximate surface area is 121 Å². The van der Waals surface area contributed by atoms with Crippen LogP contribution in [0.15, 0.2) is 24.3 Å². The number of primary amides is 1. The minimum absolute atomic E-state index is 0.181. The second-order valence-corrected chi connectivity index (χ2v) is 5.43. The van der Waals surface area contributed by atoms with Gasteiger partial charge in [-0.1, -0.05) is 45.9 Å². The molecule has 1 aromatic carbocycles. The minimum Gasteiger partial charge on any atom is -0.491 e. The number of ether oxygens (including phenoxy) is 1. The SMILES string of the molecule is CCC(C)c1ccccc1OCC(NC(C)C)C(N)=O. The molecule has 1 amide bonds. The third-order valence-corrected chi connectivity index (χ3v) is 3.35. The molecule has 4 nitrogen and oxygen atoms in total. The number of nitrogens with two attached hydrogens (primary N) is 1. The summed E-state index contributed by atoms with van der Waals surface area (Å²) in [5.74, 6) is 0.870. The monoisotopic (exact) mass is 278 g/mol. The maximum Gasteiger partial charge on any atom is 0.238 e. The standard InChI is InChI=1S/C16H26N2O2/c1-5-12(4)13-8-6-7-9-15(13)20-10-14(16(17)19)18-11(2)3/h6-9,11-12,14,18H,5,10H2,1-4H3,(H2,17,19). The van der Waals surface area contributed by atoms with Gasteiger partial charge >= 0.3 is 0 Å². The van der Waals surface area contributed by atoms with Crippen molar-refractivity contribution in [1.29, 1.82) is 0 Å². The number of carbonyl (C=O) groups is 1. The molecule has 0 aliphatic heterocycles. The molecule has 0 aromatic heterocycles. The fraction of sp³-hybridized carbons (Fsp3) is 0.562. The van der Waals surface area contributed by atoms with Crippen LogP contribution in [-0.4, -0.2) is 24.6 Å². The third-order valence-electron chi connectivity index (χ3n) is 3.35. The number of nitrogens with one attached hydrogen (secondary N) is 1. The van der Waals surface area contributed by atoms with Gasteiger partial charge in [0.15, 0.2) is 0 Å². The summed E-state index contributed by atoms with van der Waals surface area (Å²) in [5.41, 5.74) is 6.56. The minimum atomic E-state index is -0.472. The van der Waals surface area contributed by atoms with E-state index >= 15 is 0 Å². The number of para-hydroxylation sites is 1. The average Bonchev–Trinajstić information content (AvgIpc) is 2.42. The molecule has 0 radical (unpaired) electrons. The van der Waals surface area contributed by atoms with E-state index in [1.165, 1.54) is 5.56 Å². The molecule has 2 unspecified atom stereocenters. The largest absolute Gasteiger partial charge is 0.491 e. The van der Waals surface area contributed by atoms with Gasteiger partial charge < -0.3 is 15.8 Å². The number of rotatable bonds is 8. The number of hydrogen-bond acceptors (Lipinski definition) is 3. The highest BCUT2D eigenvalue weighted by atomic mass is 16.5. The first-order valence-corrected chi connectivity index (χ1v) is 7.22. The summed E-state index contributed by atoms with van der Waals surface area (Å²) in [6, 6.07) is 7.66. The van der Waals surface area contributed by atoms with Crippen molar-refractivity contribution in [2.75, 3.05) is 6.61 Å². The molecule has 0 aliphatic carbocycles. The van der Waals surface area contributed by atoms with Crippen LogP contribution in [0.3, 0.4) is 0 Å². The Bertz CT molecular complexity index is 432. The topological polar surface area (TPSA) is 64.3 Å². The first kappa shape index (κ1) is 16.5. The predicted molar refractivity (Wildman–Crippen MR) is 81.9 cm³/mol. The smallest absolute Gasteiger partial charge is 0.238 e. The summed E-state index contributed by atoms with van der Waals surface area (Å²) in [4.78, 5) is 11.4. The summed E-state index contributed by atoms with van der Waals surface area (Å²) < 4.78 is 5.82. The molecule has 0 bridgehead atoms. The number of amides is 1. The summed E-state index contributed by atoms with van der Waals surface area (Å²) in [5, 5.41) is 3.11. The van der Waals surface area contributed by atoms with Gasteiger partial charge in [0, 0.05) is 6.04 Å². The van der Waals surface area contributed by atoms with E-state index in [9.17, 15) is 4.79 Å². The Morgan fingerprint density at radius 3 is 2.50 bits per heavy atom. The Morgan fingerprint density at radius 1 is 1.30 bits per heavy atom. The van der Waals surface area contributed by atoms with Crippen molar-refractivity contribution in [3.8, 4) is 5.75 Å². The summed E-state index contributed by atoms with van der Waals surface area (Å²) in [7, 11) is 0. The maximum absolute atomic E-state index is 11.4. The molecular formula is C16H26N2O2. The van der Waals surface area contributed by atoms with Gasteiger partial charge in [-0.2, -0.15) is 0 Å². The van der Waals surface area contributed by atoms with Crippen LogP contribution in [0.25, 0.3) is 0 Å². The van der Waals surface area contributed by atoms with E-state index in [0.29, 0.717) is 5.92 Å². The van der Waals surface area contributed by atoms with Crippen LogP contribution < -0.4 is 15.8 Å². The average molecular weight is 278 g/mol. The Morgan fingerprint density at radius 2 is 1.95 bits per heavy atom. The van der Waals surface area contributed by atoms with Crippen LogP contribution in [0, 0.1) is 0 Å². The molecule has 0 aliphatic rings. The van der Waals surface area contributed by atoms with Crippen molar-refractivity contribution < 1.29 is 9.53 Å². The molecule has 0 fully saturated rings. The normalized spacial score (nSPS) is 14.1. The zero-order valence-corrected chi connectivity index (χ0v) is 12.8. The highest BCUT2D eigenvalue weighted by Crippen LogP contribution is 2.28. The number of carbonyl (C=O) groups excluding carboxylic acids is 1. The number of hydrogen-bond donors (Lipinski definition) is 2. The molecule has 4 heteroatoms. The van der Waals surface area contributed by atoms with Crippen molar-refractivity contribution in [1.82, 2.24) is 5.32 Å². The van der Waals surface area contributed by atoms with Gasteiger partial charge in [-0.15, -0.1) is 0 Å². The van der Waals surface area contributed by atoms with E-state index in [1.807, 2.05) is 32.0 Å². The summed E-state index contributed by atoms with van der Waals surface area (Å²) in [6.45, 7) is 8.52. The van der Waals surface area contributed by atoms with E-state index in [4.69, 9.17) is 10.5 Å². The summed E-state index contributed by atoms with van der Waals surface area (Å²) >= 11 is 0. The lowest BCUT2D eigenvalue weighted by Gasteiger charge is -2.21. The molecule has 0 spiro atoms. The zero-order chi connectivity index (χ0) is 15.1. The van der Waals surface area contributed by atoms with Gasteiger partial charge in [0.1, 0.15) is 18.4 Å². The first-order valence-electron chi connectivity index (χ1n) is 7.22. The first-order chi connectivity index (χ1) is 9.45. The van der Waals surface area contributed by atoms with Gasteiger partial charge in [0.25, 0.3) is 0 Å². The van der Waals surface area contributed by atoms with Crippen LogP contribution in [0.1, 0.15) is 45.6 Å². The van der Waals surface area contributed by atoms with Crippen molar-refractivity contribution in [3.63, 3.8) is 0 Å². The molecule has 112 valence electrons. The van der Waals surface area contributed by atoms with Crippen LogP contribution in [-0.2, 0) is 4.79 Å². The van der Waals surface area contributed by atoms with Crippen LogP contribution in [0.5, 0.6) is 5.75 Å². The summed E-state index contributed by atoms with van der Waals surface area (Å²) in [6.07, 6.45) is 1.05. The Balaban J connectivity index is 2.75. The highest BCUT2D eigenvalue weighted by Gasteiger charge is 2.18. The maximum atomic E-state index is 11.4. The van der Waals surface area contributed by atoms with Crippen LogP contribution >= 0.6 is 0 Å². The number of benzene rings is 1. The van der Waals surface area contributed by atoms with E-state index < -0.39 is 6.04 Å². The lowest BCUT2D eigenvalue weighted by Crippen LogP contribution is -2.48. The molecule has 1 aromatic rings. The zero-order valence-electron chi connectivity index (χ0n) is 12.8. The fourth-order valence-electron chi connectivity index (χ4n) is 2.03. The van der Waals surface area contributed by atoms with E-state index in [2.05, 4.69) is 25.2 Å². The molecule has 0 heterocycles. The van der Waals surface area contributed by atoms with Gasteiger partial charge in [0.05, 0.1) is 0 Å². The van der Waals surface area contributed by atoms with Crippen LogP contribution in [0.4, 0.5) is 0 Å². The molecular weight excluding hydrogens is 252 g/mol. The second-order valence-electron chi connectivity index (χ2n) is 5.43. The van der Waals surface area contributed by atoms with Crippen molar-refractivity contribution >= 4 is 5.91 Å². The van der Waals surface area contributed by atoms with E-state index in [-0.39, 0.29) is 18.6 Å². The van der Waals surface area contributed by atoms with Gasteiger partial charge in [-0.3, -0.25) is 4.79 Å². The quantitative estimate of drug-likeness (QED) is 0.767. The third kappa shape index (κ3) is 4.85. The Hall–Kier alpha value is -1.55. The van der Waals surface area contributed by atoms with Crippen molar-refractivity contribution in [2.45, 2.75) is 52.1 Å². The van der Waals surface area contributed by atoms with E-state index in [1.54, 1.807) is 0 Å². The van der Waals surface area contributed by atoms with Gasteiger partial charge in [0.2, 0.25) is 5.91 Å². The lowest BCUT2D eigenvalue weighted by molar-refractivity contribution is -0.120. The second kappa shape index (κ2) is 7.90. The highest BCUT2D eigenvalue weighted by molar-refractivity contribution is 5.80.